The minimum absolute atomic E-state index is 0.106. The molecule has 0 atom stereocenters. The zero-order valence-corrected chi connectivity index (χ0v) is 17.8. The van der Waals surface area contributed by atoms with Crippen LogP contribution in [-0.2, 0) is 15.7 Å². The van der Waals surface area contributed by atoms with Gasteiger partial charge in [-0.15, -0.1) is 0 Å². The minimum Gasteiger partial charge on any atom is -0.469 e. The molecule has 0 spiro atoms. The number of hydrogen-bond donors (Lipinski definition) is 1. The summed E-state index contributed by atoms with van der Waals surface area (Å²) in [4.78, 5) is 27.5. The Labute approximate surface area is 179 Å². The lowest BCUT2D eigenvalue weighted by Gasteiger charge is -2.13. The molecule has 1 amide bonds. The maximum atomic E-state index is 12.8. The molecule has 2 aromatic heterocycles. The molecule has 10 heteroatoms. The van der Waals surface area contributed by atoms with E-state index in [1.165, 1.54) is 24.1 Å². The summed E-state index contributed by atoms with van der Waals surface area (Å²) < 4.78 is 44.3. The third-order valence-corrected chi connectivity index (χ3v) is 4.71. The van der Waals surface area contributed by atoms with Gasteiger partial charge >= 0.3 is 12.1 Å². The predicted molar refractivity (Wildman–Crippen MR) is 108 cm³/mol. The Kier molecular flexibility index (Phi) is 8.58. The first kappa shape index (κ1) is 24.4. The number of nitrogens with zero attached hydrogens (tertiary/aromatic N) is 3. The monoisotopic (exact) mass is 440 g/mol. The lowest BCUT2D eigenvalue weighted by atomic mass is 10.1. The predicted octanol–water partition coefficient (Wildman–Crippen LogP) is 4.26. The number of methoxy groups -OCH3 is 1. The summed E-state index contributed by atoms with van der Waals surface area (Å²) in [6.07, 6.45) is 1.30. The molecule has 0 saturated heterocycles. The molecule has 0 aromatic carbocycles. The molecule has 0 bridgehead atoms. The third kappa shape index (κ3) is 6.80. The number of pyridine rings is 1. The third-order valence-electron chi connectivity index (χ3n) is 4.71. The number of aromatic nitrogens is 3. The Balaban J connectivity index is 1.98. The SMILES string of the molecule is COC(=O)CCCCCCNC(=O)c1cnn(-c2ccc(C(F)(F)F)cn2)c1C(C)C. The van der Waals surface area contributed by atoms with Crippen LogP contribution in [0.15, 0.2) is 24.5 Å². The molecule has 1 N–H and O–H groups in total. The van der Waals surface area contributed by atoms with Gasteiger partial charge in [0, 0.05) is 19.2 Å². The van der Waals surface area contributed by atoms with Gasteiger partial charge in [0.1, 0.15) is 0 Å². The summed E-state index contributed by atoms with van der Waals surface area (Å²) in [5, 5.41) is 7.03. The highest BCUT2D eigenvalue weighted by Gasteiger charge is 2.31. The van der Waals surface area contributed by atoms with Gasteiger partial charge in [0.05, 0.1) is 30.1 Å². The van der Waals surface area contributed by atoms with Gasteiger partial charge in [-0.1, -0.05) is 26.7 Å². The Bertz CT molecular complexity index is 877. The van der Waals surface area contributed by atoms with E-state index in [1.54, 1.807) is 0 Å². The van der Waals surface area contributed by atoms with E-state index in [1.807, 2.05) is 13.8 Å². The Morgan fingerprint density at radius 3 is 2.42 bits per heavy atom. The molecular weight excluding hydrogens is 413 g/mol. The second kappa shape index (κ2) is 10.9. The van der Waals surface area contributed by atoms with Crippen molar-refractivity contribution in [1.29, 1.82) is 0 Å². The van der Waals surface area contributed by atoms with Crippen molar-refractivity contribution in [2.45, 2.75) is 58.0 Å². The molecule has 31 heavy (non-hydrogen) atoms. The van der Waals surface area contributed by atoms with Crippen molar-refractivity contribution in [3.05, 3.63) is 41.3 Å². The first-order chi connectivity index (χ1) is 14.6. The summed E-state index contributed by atoms with van der Waals surface area (Å²) in [6.45, 7) is 4.21. The number of hydrogen-bond acceptors (Lipinski definition) is 5. The summed E-state index contributed by atoms with van der Waals surface area (Å²) in [7, 11) is 1.36. The molecule has 0 saturated carbocycles. The molecule has 0 aliphatic rings. The highest BCUT2D eigenvalue weighted by molar-refractivity contribution is 5.95. The van der Waals surface area contributed by atoms with Gasteiger partial charge < -0.3 is 10.1 Å². The van der Waals surface area contributed by atoms with Crippen LogP contribution in [0.4, 0.5) is 13.2 Å². The number of amides is 1. The number of alkyl halides is 3. The topological polar surface area (TPSA) is 86.1 Å². The average molecular weight is 440 g/mol. The zero-order valence-electron chi connectivity index (χ0n) is 17.8. The minimum atomic E-state index is -4.47. The molecule has 2 heterocycles. The summed E-state index contributed by atoms with van der Waals surface area (Å²) in [6, 6.07) is 2.17. The normalized spacial score (nSPS) is 11.6. The van der Waals surface area contributed by atoms with Gasteiger partial charge in [-0.25, -0.2) is 9.67 Å². The van der Waals surface area contributed by atoms with Crippen molar-refractivity contribution in [3.63, 3.8) is 0 Å². The molecular formula is C21H27F3N4O3. The van der Waals surface area contributed by atoms with Crippen molar-refractivity contribution in [1.82, 2.24) is 20.1 Å². The van der Waals surface area contributed by atoms with E-state index in [9.17, 15) is 22.8 Å². The molecule has 170 valence electrons. The summed E-state index contributed by atoms with van der Waals surface area (Å²) in [5.41, 5.74) is 0.0873. The molecule has 7 nitrogen and oxygen atoms in total. The lowest BCUT2D eigenvalue weighted by molar-refractivity contribution is -0.140. The van der Waals surface area contributed by atoms with Crippen LogP contribution in [0, 0.1) is 0 Å². The second-order valence-corrected chi connectivity index (χ2v) is 7.41. The number of carbonyl (C=O) groups is 2. The first-order valence-corrected chi connectivity index (χ1v) is 10.1. The van der Waals surface area contributed by atoms with Crippen LogP contribution < -0.4 is 5.32 Å². The number of ether oxygens (including phenoxy) is 1. The van der Waals surface area contributed by atoms with Crippen LogP contribution in [0.5, 0.6) is 0 Å². The molecule has 0 radical (unpaired) electrons. The van der Waals surface area contributed by atoms with E-state index < -0.39 is 11.7 Å². The number of carbonyl (C=O) groups excluding carboxylic acids is 2. The molecule has 0 aliphatic carbocycles. The number of halogens is 3. The number of rotatable bonds is 10. The molecule has 2 aromatic rings. The number of nitrogens with one attached hydrogen (secondary N) is 1. The van der Waals surface area contributed by atoms with Gasteiger partial charge in [-0.3, -0.25) is 9.59 Å². The van der Waals surface area contributed by atoms with Crippen molar-refractivity contribution in [2.24, 2.45) is 0 Å². The highest BCUT2D eigenvalue weighted by Crippen LogP contribution is 2.29. The lowest BCUT2D eigenvalue weighted by Crippen LogP contribution is -2.25. The quantitative estimate of drug-likeness (QED) is 0.441. The standard InChI is InChI=1S/C21H27F3N4O3/c1-14(2)19-16(20(30)25-11-7-5-4-6-8-18(29)31-3)13-27-28(19)17-10-9-15(12-26-17)21(22,23)24/h9-10,12-14H,4-8,11H2,1-3H3,(H,25,30). The fourth-order valence-corrected chi connectivity index (χ4v) is 3.10. The van der Waals surface area contributed by atoms with Crippen LogP contribution in [0.2, 0.25) is 0 Å². The van der Waals surface area contributed by atoms with Crippen molar-refractivity contribution in [2.75, 3.05) is 13.7 Å². The first-order valence-electron chi connectivity index (χ1n) is 10.1. The van der Waals surface area contributed by atoms with E-state index >= 15 is 0 Å². The van der Waals surface area contributed by atoms with E-state index in [4.69, 9.17) is 0 Å². The second-order valence-electron chi connectivity index (χ2n) is 7.41. The number of esters is 1. The maximum absolute atomic E-state index is 12.8. The van der Waals surface area contributed by atoms with Crippen LogP contribution in [0.3, 0.4) is 0 Å². The summed E-state index contributed by atoms with van der Waals surface area (Å²) in [5.74, 6) is -0.419. The van der Waals surface area contributed by atoms with Crippen LogP contribution in [-0.4, -0.2) is 40.3 Å². The van der Waals surface area contributed by atoms with Crippen molar-refractivity contribution in [3.8, 4) is 5.82 Å². The zero-order chi connectivity index (χ0) is 23.0. The fraction of sp³-hybridized carbons (Fsp3) is 0.524. The van der Waals surface area contributed by atoms with E-state index in [0.717, 1.165) is 37.9 Å². The Hall–Kier alpha value is -2.91. The van der Waals surface area contributed by atoms with E-state index in [0.29, 0.717) is 24.2 Å². The largest absolute Gasteiger partial charge is 0.469 e. The van der Waals surface area contributed by atoms with E-state index in [2.05, 4.69) is 20.1 Å². The Morgan fingerprint density at radius 1 is 1.13 bits per heavy atom. The maximum Gasteiger partial charge on any atom is 0.417 e. The molecule has 2 rings (SSSR count). The van der Waals surface area contributed by atoms with Crippen LogP contribution in [0.1, 0.15) is 73.5 Å². The van der Waals surface area contributed by atoms with Gasteiger partial charge in [0.25, 0.3) is 5.91 Å². The summed E-state index contributed by atoms with van der Waals surface area (Å²) >= 11 is 0. The molecule has 0 fully saturated rings. The smallest absolute Gasteiger partial charge is 0.417 e. The number of unbranched alkanes of at least 4 members (excludes halogenated alkanes) is 3. The molecule has 0 aliphatic heterocycles. The fourth-order valence-electron chi connectivity index (χ4n) is 3.10. The van der Waals surface area contributed by atoms with Crippen molar-refractivity contribution < 1.29 is 27.5 Å². The van der Waals surface area contributed by atoms with Gasteiger partial charge in [0.2, 0.25) is 0 Å². The van der Waals surface area contributed by atoms with E-state index in [-0.39, 0.29) is 23.6 Å². The Morgan fingerprint density at radius 2 is 1.84 bits per heavy atom. The van der Waals surface area contributed by atoms with Gasteiger partial charge in [0.15, 0.2) is 5.82 Å². The van der Waals surface area contributed by atoms with Crippen LogP contribution in [0.25, 0.3) is 5.82 Å². The van der Waals surface area contributed by atoms with Gasteiger partial charge in [-0.2, -0.15) is 18.3 Å². The average Bonchev–Trinajstić information content (AvgIpc) is 3.17. The highest BCUT2D eigenvalue weighted by atomic mass is 19.4. The van der Waals surface area contributed by atoms with Gasteiger partial charge in [-0.05, 0) is 30.9 Å². The van der Waals surface area contributed by atoms with Crippen molar-refractivity contribution >= 4 is 11.9 Å². The molecule has 0 unspecified atom stereocenters. The van der Waals surface area contributed by atoms with Crippen LogP contribution >= 0.6 is 0 Å².